The molecule has 6 unspecified atom stereocenters. The Bertz CT molecular complexity index is 2910. The lowest BCUT2D eigenvalue weighted by Gasteiger charge is -2.26. The summed E-state index contributed by atoms with van der Waals surface area (Å²) in [4.78, 5) is 85.6. The minimum Gasteiger partial charge on any atom is -0.426 e. The standard InChI is InChI=1S/C11H26N3O10P3.C11H23N3O.C9H8N3O4P.C7H4ClO3P.C2H6N3O9P3/c12-14-13-10-8-6-4-2-1-3-5-7-9-11-22-26(18,19)24-27(20,21)23-25(15,16)17;12-14-13-10-8-6-4-2-1-3-5-7-9-11-15;10-12-11-5-6-14-17-15-8-4-2-1-3-7(8)9(13)16-17;8-12-10-6-4-2-1-3-5(6)7(9)11-12;3-5-4-1-2-11-17(10)13-15(6,7)12-16(8,9)14-17/h1-11H2,(H,18,19)(H,20,21)(H2,15,16,17);15H,1-11H2;1-4H,5-6H2;1-4H;1-2H2,(H,6,7)(H,8,9). The Labute approximate surface area is 510 Å². The molecule has 496 valence electrons. The molecule has 39 nitrogen and oxygen atoms in total. The molecule has 0 spiro atoms. The van der Waals surface area contributed by atoms with Crippen molar-refractivity contribution in [3.8, 4) is 11.5 Å². The van der Waals surface area contributed by atoms with Gasteiger partial charge in [0.1, 0.15) is 22.6 Å². The van der Waals surface area contributed by atoms with Crippen LogP contribution in [0.3, 0.4) is 0 Å². The number of fused-ring (bicyclic) bond motifs is 2. The number of aliphatic hydroxyl groups excluding tert-OH is 1. The second-order valence-corrected chi connectivity index (χ2v) is 29.1. The maximum absolute atomic E-state index is 11.5. The number of carbonyl (C=O) groups excluding carboxylic acids is 2. The molecule has 3 heterocycles. The van der Waals surface area contributed by atoms with Crippen LogP contribution < -0.4 is 9.05 Å². The lowest BCUT2D eigenvalue weighted by molar-refractivity contribution is 0.0670. The van der Waals surface area contributed by atoms with Crippen molar-refractivity contribution in [2.75, 3.05) is 52.6 Å². The van der Waals surface area contributed by atoms with E-state index in [0.29, 0.717) is 55.2 Å². The summed E-state index contributed by atoms with van der Waals surface area (Å²) in [5.74, 6) is 0.0493. The third-order valence-electron chi connectivity index (χ3n) is 10.1. The molecule has 6 atom stereocenters. The lowest BCUT2D eigenvalue weighted by Crippen LogP contribution is -2.13. The van der Waals surface area contributed by atoms with Gasteiger partial charge in [-0.2, -0.15) is 21.6 Å². The number of hydrogen-bond donors (Lipinski definition) is 7. The number of hydrogen-bond acceptors (Lipinski definition) is 25. The number of azide groups is 4. The van der Waals surface area contributed by atoms with Crippen molar-refractivity contribution >= 4 is 86.4 Å². The molecule has 0 bridgehead atoms. The number of phosphoric acid groups is 6. The maximum atomic E-state index is 11.5. The van der Waals surface area contributed by atoms with Gasteiger partial charge in [0, 0.05) is 52.4 Å². The molecule has 7 N–H and O–H groups in total. The zero-order valence-electron chi connectivity index (χ0n) is 46.6. The summed E-state index contributed by atoms with van der Waals surface area (Å²) in [6.45, 7) is 0.769. The van der Waals surface area contributed by atoms with Crippen molar-refractivity contribution in [3.63, 3.8) is 0 Å². The van der Waals surface area contributed by atoms with E-state index in [0.717, 1.165) is 64.2 Å². The van der Waals surface area contributed by atoms with Gasteiger partial charge < -0.3 is 52.6 Å². The molecule has 2 aromatic carbocycles. The topological polar surface area (TPSA) is 584 Å². The first-order chi connectivity index (χ1) is 41.7. The predicted molar refractivity (Wildman–Crippen MR) is 313 cm³/mol. The van der Waals surface area contributed by atoms with Crippen LogP contribution in [0.2, 0.25) is 0 Å². The first kappa shape index (κ1) is 82.2. The van der Waals surface area contributed by atoms with E-state index in [9.17, 15) is 41.9 Å². The molecule has 2 aromatic rings. The number of para-hydroxylation sites is 2. The third-order valence-corrected chi connectivity index (χ3v) is 21.4. The van der Waals surface area contributed by atoms with E-state index in [-0.39, 0.29) is 26.3 Å². The van der Waals surface area contributed by atoms with Gasteiger partial charge in [0.05, 0.1) is 19.8 Å². The monoisotopic (exact) mass is 1430 g/mol. The average molecular weight is 1430 g/mol. The van der Waals surface area contributed by atoms with Gasteiger partial charge in [-0.25, -0.2) is 37.0 Å². The van der Waals surface area contributed by atoms with Gasteiger partial charge in [0.2, 0.25) is 0 Å². The van der Waals surface area contributed by atoms with Crippen molar-refractivity contribution in [2.24, 2.45) is 20.5 Å². The van der Waals surface area contributed by atoms with E-state index >= 15 is 0 Å². The van der Waals surface area contributed by atoms with Gasteiger partial charge in [0.25, 0.3) is 0 Å². The number of unbranched alkanes of at least 4 members (excludes halogenated alkanes) is 16. The van der Waals surface area contributed by atoms with Crippen LogP contribution in [0.4, 0.5) is 0 Å². The van der Waals surface area contributed by atoms with Crippen molar-refractivity contribution in [1.82, 2.24) is 0 Å². The Morgan fingerprint density at radius 2 is 0.920 bits per heavy atom. The van der Waals surface area contributed by atoms with Crippen LogP contribution in [-0.2, 0) is 71.6 Å². The van der Waals surface area contributed by atoms with E-state index in [4.69, 9.17) is 81.0 Å². The number of aliphatic hydroxyl groups is 1. The largest absolute Gasteiger partial charge is 0.492 e. The highest BCUT2D eigenvalue weighted by Crippen LogP contribution is 2.80. The van der Waals surface area contributed by atoms with Crippen LogP contribution in [0.15, 0.2) is 69.0 Å². The zero-order valence-corrected chi connectivity index (χ0v) is 54.5. The molecule has 0 aromatic heterocycles. The Morgan fingerprint density at radius 3 is 1.39 bits per heavy atom. The number of nitrogens with zero attached hydrogens (tertiary/aromatic N) is 12. The molecular formula is C40H67ClN12O27P8. The molecule has 0 aliphatic carbocycles. The number of halogens is 1. The molecule has 88 heavy (non-hydrogen) atoms. The van der Waals surface area contributed by atoms with E-state index in [2.05, 4.69) is 75.2 Å². The van der Waals surface area contributed by atoms with Crippen molar-refractivity contribution < 1.29 is 125 Å². The zero-order chi connectivity index (χ0) is 65.8. The van der Waals surface area contributed by atoms with E-state index in [1.54, 1.807) is 48.5 Å². The number of phosphoric ester groups is 1. The molecule has 3 aliphatic rings. The Hall–Kier alpha value is -3.85. The van der Waals surface area contributed by atoms with Gasteiger partial charge in [-0.3, -0.25) is 13.6 Å². The molecule has 1 saturated heterocycles. The Morgan fingerprint density at radius 1 is 0.511 bits per heavy atom. The first-order valence-corrected chi connectivity index (χ1v) is 38.1. The highest BCUT2D eigenvalue weighted by Gasteiger charge is 2.54. The van der Waals surface area contributed by atoms with Crippen LogP contribution >= 0.6 is 74.5 Å². The summed E-state index contributed by atoms with van der Waals surface area (Å²) in [5, 5.41) is 21.8. The number of rotatable bonds is 36. The Kier molecular flexibility index (Phi) is 43.2. The smallest absolute Gasteiger partial charge is 0.426 e. The van der Waals surface area contributed by atoms with Gasteiger partial charge in [0.15, 0.2) is 0 Å². The number of benzene rings is 2. The van der Waals surface area contributed by atoms with Crippen molar-refractivity contribution in [1.29, 1.82) is 0 Å². The summed E-state index contributed by atoms with van der Waals surface area (Å²) in [6, 6.07) is 13.6. The molecule has 0 amide bonds. The van der Waals surface area contributed by atoms with Crippen LogP contribution in [0, 0.1) is 0 Å². The fourth-order valence-corrected chi connectivity index (χ4v) is 16.3. The third kappa shape index (κ3) is 42.3. The summed E-state index contributed by atoms with van der Waals surface area (Å²) in [6.07, 6.45) is 18.7. The minimum absolute atomic E-state index is 0.144. The molecule has 48 heteroatoms. The molecule has 1 fully saturated rings. The van der Waals surface area contributed by atoms with E-state index < -0.39 is 81.8 Å². The highest BCUT2D eigenvalue weighted by molar-refractivity contribution is 7.77. The second kappa shape index (κ2) is 46.2. The number of carbonyl (C=O) groups is 2. The maximum Gasteiger partial charge on any atom is 0.492 e. The summed E-state index contributed by atoms with van der Waals surface area (Å²) in [5.41, 5.74) is 33.0. The molecule has 0 radical (unpaired) electrons. The van der Waals surface area contributed by atoms with Gasteiger partial charge in [-0.1, -0.05) is 135 Å². The van der Waals surface area contributed by atoms with Gasteiger partial charge in [-0.05, 0) is 83.3 Å². The van der Waals surface area contributed by atoms with E-state index in [1.807, 2.05) is 0 Å². The minimum atomic E-state index is -5.45. The Balaban J connectivity index is 0.000000564. The van der Waals surface area contributed by atoms with Crippen molar-refractivity contribution in [2.45, 2.75) is 116 Å². The van der Waals surface area contributed by atoms with Crippen LogP contribution in [0.25, 0.3) is 41.8 Å². The summed E-state index contributed by atoms with van der Waals surface area (Å²) < 4.78 is 119. The molecule has 3 aliphatic heterocycles. The van der Waals surface area contributed by atoms with Gasteiger partial charge >= 0.3 is 75.2 Å². The molecular weight excluding hydrogens is 1360 g/mol. The van der Waals surface area contributed by atoms with Gasteiger partial charge in [-0.15, -0.1) is 0 Å². The quantitative estimate of drug-likeness (QED) is 0.0109. The SMILES string of the molecule is O=C1OP(Cl)Oc2ccccc21.[N-]=[N+]=NCCCCCCCCCCCO.[N-]=[N+]=NCCCCCCCCCCCOP(=O)(O)OP(=O)(O)OP(=O)(O)O.[N-]=[N+]=NCCOP1(=O)OP(=O)(O)OP(=O)(O)O1.[N-]=[N+]=NCCOP1OC(=O)c2ccccc2O1. The van der Waals surface area contributed by atoms with Crippen LogP contribution in [0.1, 0.15) is 136 Å². The fourth-order valence-electron chi connectivity index (χ4n) is 6.45. The first-order valence-electron chi connectivity index (χ1n) is 26.0. The molecule has 0 saturated carbocycles. The second-order valence-electron chi connectivity index (χ2n) is 17.0. The van der Waals surface area contributed by atoms with E-state index in [1.165, 1.54) is 38.5 Å². The average Bonchev–Trinajstić information content (AvgIpc) is 1.45. The highest BCUT2D eigenvalue weighted by atomic mass is 35.7. The van der Waals surface area contributed by atoms with Crippen LogP contribution in [-0.4, -0.2) is 99.0 Å². The summed E-state index contributed by atoms with van der Waals surface area (Å²) >= 11 is 5.54. The molecule has 5 rings (SSSR count). The van der Waals surface area contributed by atoms with Crippen molar-refractivity contribution in [3.05, 3.63) is 101 Å². The normalized spacial score (nSPS) is 21.0. The lowest BCUT2D eigenvalue weighted by atomic mass is 10.1. The predicted octanol–water partition coefficient (Wildman–Crippen LogP) is 15.1. The fraction of sp³-hybridized carbons (Fsp3) is 0.650. The van der Waals surface area contributed by atoms with Crippen LogP contribution in [0.5, 0.6) is 11.5 Å². The summed E-state index contributed by atoms with van der Waals surface area (Å²) in [7, 11) is -33.9.